The highest BCUT2D eigenvalue weighted by atomic mass is 35.5. The van der Waals surface area contributed by atoms with Gasteiger partial charge in [0.05, 0.1) is 0 Å². The number of carbonyl (C=O) groups is 1. The van der Waals surface area contributed by atoms with E-state index in [2.05, 4.69) is 10.6 Å². The molecule has 1 amide bonds. The topological polar surface area (TPSA) is 41.1 Å². The number of para-hydroxylation sites is 1. The summed E-state index contributed by atoms with van der Waals surface area (Å²) in [4.78, 5) is 12.4. The summed E-state index contributed by atoms with van der Waals surface area (Å²) in [5, 5.41) is 6.57. The molecule has 5 heteroatoms. The van der Waals surface area contributed by atoms with E-state index in [1.54, 1.807) is 18.2 Å². The highest BCUT2D eigenvalue weighted by Gasteiger charge is 2.11. The van der Waals surface area contributed by atoms with Crippen molar-refractivity contribution in [2.45, 2.75) is 6.92 Å². The zero-order chi connectivity index (χ0) is 18.5. The molecule has 3 aromatic carbocycles. The van der Waals surface area contributed by atoms with Gasteiger partial charge in [0.15, 0.2) is 5.11 Å². The molecule has 3 aromatic rings. The predicted molar refractivity (Wildman–Crippen MR) is 112 cm³/mol. The van der Waals surface area contributed by atoms with Gasteiger partial charge in [-0.2, -0.15) is 0 Å². The number of hydrogen-bond donors (Lipinski definition) is 2. The quantitative estimate of drug-likeness (QED) is 0.594. The van der Waals surface area contributed by atoms with Crippen molar-refractivity contribution in [2.24, 2.45) is 0 Å². The lowest BCUT2D eigenvalue weighted by Crippen LogP contribution is -2.34. The first-order valence-electron chi connectivity index (χ1n) is 8.07. The molecule has 0 fully saturated rings. The van der Waals surface area contributed by atoms with Crippen molar-refractivity contribution in [2.75, 3.05) is 5.32 Å². The maximum Gasteiger partial charge on any atom is 0.257 e. The van der Waals surface area contributed by atoms with Crippen molar-refractivity contribution in [1.29, 1.82) is 0 Å². The molecule has 0 aliphatic heterocycles. The van der Waals surface area contributed by atoms with Crippen molar-refractivity contribution >= 4 is 40.5 Å². The summed E-state index contributed by atoms with van der Waals surface area (Å²) in [6.07, 6.45) is 0. The monoisotopic (exact) mass is 380 g/mol. The molecule has 3 rings (SSSR count). The first kappa shape index (κ1) is 18.1. The fraction of sp³-hybridized carbons (Fsp3) is 0.0476. The van der Waals surface area contributed by atoms with Crippen LogP contribution in [-0.4, -0.2) is 11.0 Å². The van der Waals surface area contributed by atoms with Crippen molar-refractivity contribution < 1.29 is 4.79 Å². The van der Waals surface area contributed by atoms with Crippen LogP contribution >= 0.6 is 23.8 Å². The molecular formula is C21H17ClN2OS. The molecule has 0 saturated heterocycles. The summed E-state index contributed by atoms with van der Waals surface area (Å²) >= 11 is 11.4. The minimum atomic E-state index is -0.304. The third-order valence-electron chi connectivity index (χ3n) is 3.92. The SMILES string of the molecule is Cc1ccc(C(=O)NC(=S)Nc2ccccc2-c2ccccc2)cc1Cl. The number of aryl methyl sites for hydroxylation is 1. The van der Waals surface area contributed by atoms with Gasteiger partial charge >= 0.3 is 0 Å². The molecule has 0 aliphatic carbocycles. The van der Waals surface area contributed by atoms with Crippen molar-refractivity contribution in [3.63, 3.8) is 0 Å². The van der Waals surface area contributed by atoms with Gasteiger partial charge in [0.1, 0.15) is 0 Å². The molecule has 0 atom stereocenters. The minimum absolute atomic E-state index is 0.232. The Bertz CT molecular complexity index is 957. The predicted octanol–water partition coefficient (Wildman–Crippen LogP) is 5.44. The van der Waals surface area contributed by atoms with Crippen LogP contribution in [0.5, 0.6) is 0 Å². The molecule has 0 spiro atoms. The van der Waals surface area contributed by atoms with Gasteiger partial charge in [-0.25, -0.2) is 0 Å². The van der Waals surface area contributed by atoms with E-state index in [9.17, 15) is 4.79 Å². The molecule has 0 aliphatic rings. The van der Waals surface area contributed by atoms with Crippen LogP contribution < -0.4 is 10.6 Å². The standard InChI is InChI=1S/C21H17ClN2OS/c1-14-11-12-16(13-18(14)22)20(25)24-21(26)23-19-10-6-5-9-17(19)15-7-3-2-4-8-15/h2-13H,1H3,(H2,23,24,25,26). The molecule has 2 N–H and O–H groups in total. The fourth-order valence-corrected chi connectivity index (χ4v) is 2.91. The second-order valence-electron chi connectivity index (χ2n) is 5.78. The molecule has 0 radical (unpaired) electrons. The number of carbonyl (C=O) groups excluding carboxylic acids is 1. The van der Waals surface area contributed by atoms with Crippen LogP contribution in [0.1, 0.15) is 15.9 Å². The first-order chi connectivity index (χ1) is 12.5. The van der Waals surface area contributed by atoms with E-state index in [1.807, 2.05) is 61.5 Å². The smallest absolute Gasteiger partial charge is 0.257 e. The van der Waals surface area contributed by atoms with E-state index < -0.39 is 0 Å². The van der Waals surface area contributed by atoms with Crippen LogP contribution in [0.15, 0.2) is 72.8 Å². The van der Waals surface area contributed by atoms with E-state index in [1.165, 1.54) is 0 Å². The lowest BCUT2D eigenvalue weighted by Gasteiger charge is -2.14. The van der Waals surface area contributed by atoms with Gasteiger partial charge < -0.3 is 5.32 Å². The number of halogens is 1. The lowest BCUT2D eigenvalue weighted by molar-refractivity contribution is 0.0977. The summed E-state index contributed by atoms with van der Waals surface area (Å²) in [5.74, 6) is -0.304. The number of rotatable bonds is 3. The number of amides is 1. The molecule has 3 nitrogen and oxygen atoms in total. The van der Waals surface area contributed by atoms with E-state index in [4.69, 9.17) is 23.8 Å². The largest absolute Gasteiger partial charge is 0.332 e. The maximum absolute atomic E-state index is 12.4. The van der Waals surface area contributed by atoms with Crippen LogP contribution in [0.4, 0.5) is 5.69 Å². The molecule has 0 saturated carbocycles. The third kappa shape index (κ3) is 4.28. The number of nitrogens with one attached hydrogen (secondary N) is 2. The van der Waals surface area contributed by atoms with E-state index >= 15 is 0 Å². The van der Waals surface area contributed by atoms with Gasteiger partial charge in [-0.05, 0) is 48.5 Å². The fourth-order valence-electron chi connectivity index (χ4n) is 2.52. The van der Waals surface area contributed by atoms with Gasteiger partial charge in [0.2, 0.25) is 0 Å². The number of thiocarbonyl (C=S) groups is 1. The highest BCUT2D eigenvalue weighted by Crippen LogP contribution is 2.27. The average Bonchev–Trinajstić information content (AvgIpc) is 2.65. The molecular weight excluding hydrogens is 364 g/mol. The first-order valence-corrected chi connectivity index (χ1v) is 8.86. The molecule has 0 unspecified atom stereocenters. The van der Waals surface area contributed by atoms with E-state index in [0.717, 1.165) is 22.4 Å². The average molecular weight is 381 g/mol. The molecule has 0 aromatic heterocycles. The Labute approximate surface area is 163 Å². The van der Waals surface area contributed by atoms with Gasteiger partial charge in [-0.3, -0.25) is 10.1 Å². The molecule has 0 bridgehead atoms. The van der Waals surface area contributed by atoms with E-state index in [0.29, 0.717) is 10.6 Å². The van der Waals surface area contributed by atoms with Crippen molar-refractivity contribution in [1.82, 2.24) is 5.32 Å². The number of hydrogen-bond acceptors (Lipinski definition) is 2. The minimum Gasteiger partial charge on any atom is -0.332 e. The third-order valence-corrected chi connectivity index (χ3v) is 4.53. The van der Waals surface area contributed by atoms with Crippen LogP contribution in [0.2, 0.25) is 5.02 Å². The highest BCUT2D eigenvalue weighted by molar-refractivity contribution is 7.80. The van der Waals surface area contributed by atoms with Gasteiger partial charge in [-0.1, -0.05) is 66.2 Å². The van der Waals surface area contributed by atoms with Gasteiger partial charge in [0.25, 0.3) is 5.91 Å². The Balaban J connectivity index is 1.75. The van der Waals surface area contributed by atoms with Crippen molar-refractivity contribution in [3.8, 4) is 11.1 Å². The zero-order valence-electron chi connectivity index (χ0n) is 14.1. The Morgan fingerprint density at radius 1 is 0.962 bits per heavy atom. The summed E-state index contributed by atoms with van der Waals surface area (Å²) in [6, 6.07) is 22.9. The Hall–Kier alpha value is -2.69. The Morgan fingerprint density at radius 3 is 2.38 bits per heavy atom. The second kappa shape index (κ2) is 8.13. The normalized spacial score (nSPS) is 10.2. The molecule has 130 valence electrons. The molecule has 0 heterocycles. The van der Waals surface area contributed by atoms with E-state index in [-0.39, 0.29) is 11.0 Å². The Morgan fingerprint density at radius 2 is 1.65 bits per heavy atom. The van der Waals surface area contributed by atoms with Crippen LogP contribution in [-0.2, 0) is 0 Å². The zero-order valence-corrected chi connectivity index (χ0v) is 15.7. The summed E-state index contributed by atoms with van der Waals surface area (Å²) < 4.78 is 0. The van der Waals surface area contributed by atoms with Crippen LogP contribution in [0, 0.1) is 6.92 Å². The summed E-state index contributed by atoms with van der Waals surface area (Å²) in [6.45, 7) is 1.89. The van der Waals surface area contributed by atoms with Crippen molar-refractivity contribution in [3.05, 3.63) is 88.9 Å². The van der Waals surface area contributed by atoms with Gasteiger partial charge in [0, 0.05) is 21.8 Å². The number of benzene rings is 3. The second-order valence-corrected chi connectivity index (χ2v) is 6.60. The summed E-state index contributed by atoms with van der Waals surface area (Å²) in [7, 11) is 0. The molecule has 26 heavy (non-hydrogen) atoms. The number of anilines is 1. The lowest BCUT2D eigenvalue weighted by atomic mass is 10.0. The van der Waals surface area contributed by atoms with Crippen LogP contribution in [0.25, 0.3) is 11.1 Å². The van der Waals surface area contributed by atoms with Crippen LogP contribution in [0.3, 0.4) is 0 Å². The summed E-state index contributed by atoms with van der Waals surface area (Å²) in [5.41, 5.74) is 4.27. The Kier molecular flexibility index (Phi) is 5.66. The van der Waals surface area contributed by atoms with Gasteiger partial charge in [-0.15, -0.1) is 0 Å². The maximum atomic E-state index is 12.4.